The van der Waals surface area contributed by atoms with Crippen LogP contribution in [0.1, 0.15) is 0 Å². The number of nitrogens with zero attached hydrogens (tertiary/aromatic N) is 3. The van der Waals surface area contributed by atoms with Gasteiger partial charge in [0, 0.05) is 37.2 Å². The maximum Gasteiger partial charge on any atom is 0.146 e. The predicted octanol–water partition coefficient (Wildman–Crippen LogP) is 7.23. The number of aromatic nitrogens is 3. The molecule has 0 saturated heterocycles. The Labute approximate surface area is 260 Å². The van der Waals surface area contributed by atoms with Gasteiger partial charge in [0.15, 0.2) is 0 Å². The first-order valence-corrected chi connectivity index (χ1v) is 16.7. The molecule has 6 heteroatoms. The molecule has 1 N–H and O–H groups in total. The average molecular weight is 742 g/mol. The molecule has 0 bridgehead atoms. The van der Waals surface area contributed by atoms with Crippen LogP contribution in [-0.4, -0.2) is 27.7 Å². The van der Waals surface area contributed by atoms with Crippen molar-refractivity contribution in [1.29, 1.82) is 0 Å². The van der Waals surface area contributed by atoms with Gasteiger partial charge in [0.25, 0.3) is 0 Å². The maximum absolute atomic E-state index is 10.8. The Kier molecular flexibility index (Phi) is 7.40. The fraction of sp³-hybridized carbons (Fsp3) is 0.0556. The number of rotatable bonds is 5. The van der Waals surface area contributed by atoms with E-state index in [0.717, 1.165) is 49.8 Å². The second-order valence-electron chi connectivity index (χ2n) is 10.8. The van der Waals surface area contributed by atoms with E-state index in [1.165, 1.54) is 5.19 Å². The van der Waals surface area contributed by atoms with Crippen LogP contribution in [0.2, 0.25) is 13.1 Å². The Hall–Kier alpha value is -4.31. The quantitative estimate of drug-likeness (QED) is 0.150. The van der Waals surface area contributed by atoms with E-state index in [-0.39, 0.29) is 26.8 Å². The van der Waals surface area contributed by atoms with E-state index in [4.69, 9.17) is 9.97 Å². The molecule has 0 spiro atoms. The Bertz CT molecular complexity index is 2040. The summed E-state index contributed by atoms with van der Waals surface area (Å²) in [6.45, 7) is 4.65. The van der Waals surface area contributed by atoms with Crippen LogP contribution >= 0.6 is 0 Å². The van der Waals surface area contributed by atoms with Gasteiger partial charge in [-0.25, -0.2) is 4.98 Å². The molecule has 4 nitrogen and oxygen atoms in total. The summed E-state index contributed by atoms with van der Waals surface area (Å²) < 4.78 is 2.04. The molecule has 0 amide bonds. The van der Waals surface area contributed by atoms with E-state index >= 15 is 0 Å². The summed E-state index contributed by atoms with van der Waals surface area (Å²) in [5.74, 6) is 0.209. The van der Waals surface area contributed by atoms with Crippen LogP contribution in [0.4, 0.5) is 0 Å². The second kappa shape index (κ2) is 11.2. The van der Waals surface area contributed by atoms with Crippen molar-refractivity contribution in [2.75, 3.05) is 0 Å². The van der Waals surface area contributed by atoms with E-state index < -0.39 is 8.07 Å². The van der Waals surface area contributed by atoms with E-state index in [9.17, 15) is 5.11 Å². The third-order valence-corrected chi connectivity index (χ3v) is 11.1. The summed E-state index contributed by atoms with van der Waals surface area (Å²) in [6.07, 6.45) is 0. The van der Waals surface area contributed by atoms with Gasteiger partial charge in [0.1, 0.15) is 19.5 Å². The minimum atomic E-state index is -2.17. The summed E-state index contributed by atoms with van der Waals surface area (Å²) >= 11 is 0. The average Bonchev–Trinajstić information content (AvgIpc) is 3.35. The van der Waals surface area contributed by atoms with Crippen molar-refractivity contribution in [2.45, 2.75) is 13.1 Å². The van der Waals surface area contributed by atoms with E-state index in [1.54, 1.807) is 6.07 Å². The van der Waals surface area contributed by atoms with Gasteiger partial charge < -0.3 is 5.11 Å². The van der Waals surface area contributed by atoms with Gasteiger partial charge in [-0.3, -0.25) is 9.55 Å². The first-order chi connectivity index (χ1) is 20.0. The summed E-state index contributed by atoms with van der Waals surface area (Å²) in [5.41, 5.74) is 6.35. The number of phenolic OH excluding ortho intramolecular Hbond substituents is 1. The minimum absolute atomic E-state index is 0. The van der Waals surface area contributed by atoms with Crippen LogP contribution in [0.15, 0.2) is 127 Å². The molecule has 7 rings (SSSR count). The van der Waals surface area contributed by atoms with Gasteiger partial charge in [-0.15, -0.1) is 0 Å². The zero-order valence-corrected chi connectivity index (χ0v) is 26.5. The van der Waals surface area contributed by atoms with E-state index in [2.05, 4.69) is 92.0 Å². The fourth-order valence-electron chi connectivity index (χ4n) is 5.58. The Balaban J connectivity index is 0.00000316. The van der Waals surface area contributed by atoms with Crippen molar-refractivity contribution in [3.63, 3.8) is 0 Å². The SMILES string of the molecule is C[Si](C)(c1[c-]cccc1)c1cc(-c2ccccc2)cc(-c2ccc3c4ccccc4n(-c4ccccc4O)c3n2)n1.[Pt]. The summed E-state index contributed by atoms with van der Waals surface area (Å²) in [6, 6.07) is 46.4. The zero-order chi connectivity index (χ0) is 28.0. The van der Waals surface area contributed by atoms with Crippen molar-refractivity contribution in [1.82, 2.24) is 14.5 Å². The van der Waals surface area contributed by atoms with Gasteiger partial charge in [-0.05, 0) is 53.6 Å². The Morgan fingerprint density at radius 1 is 0.667 bits per heavy atom. The molecule has 3 aromatic heterocycles. The van der Waals surface area contributed by atoms with Gasteiger partial charge >= 0.3 is 0 Å². The zero-order valence-electron chi connectivity index (χ0n) is 23.2. The molecule has 0 fully saturated rings. The van der Waals surface area contributed by atoms with Gasteiger partial charge in [-0.2, -0.15) is 35.5 Å². The summed E-state index contributed by atoms with van der Waals surface area (Å²) in [4.78, 5) is 10.5. The van der Waals surface area contributed by atoms with Crippen LogP contribution in [0.3, 0.4) is 0 Å². The summed E-state index contributed by atoms with van der Waals surface area (Å²) in [7, 11) is -2.17. The molecule has 0 aliphatic heterocycles. The molecule has 0 aliphatic rings. The first-order valence-electron chi connectivity index (χ1n) is 13.7. The van der Waals surface area contributed by atoms with Crippen LogP contribution in [0, 0.1) is 6.07 Å². The molecule has 3 heterocycles. The standard InChI is InChI=1S/C36H28N3OSi.Pt/c1-41(2,27-15-7-4-8-16-27)35-24-26(25-13-5-3-6-14-25)23-31(37-35)30-22-21-29-28-17-9-10-18-32(28)39(36(29)38-30)33-19-11-12-20-34(33)40;/h3-15,17-24,40H,1-2H3;/q-1;. The topological polar surface area (TPSA) is 50.9 Å². The summed E-state index contributed by atoms with van der Waals surface area (Å²) in [5, 5.41) is 15.2. The van der Waals surface area contributed by atoms with Gasteiger partial charge in [-0.1, -0.05) is 73.8 Å². The molecule has 0 aliphatic carbocycles. The molecule has 0 unspecified atom stereocenters. The normalized spacial score (nSPS) is 11.5. The fourth-order valence-corrected chi connectivity index (χ4v) is 7.73. The van der Waals surface area contributed by atoms with E-state index in [1.807, 2.05) is 53.1 Å². The molecule has 42 heavy (non-hydrogen) atoms. The third-order valence-electron chi connectivity index (χ3n) is 7.86. The molecule has 7 aromatic rings. The number of fused-ring (bicyclic) bond motifs is 3. The Morgan fingerprint density at radius 2 is 1.40 bits per heavy atom. The van der Waals surface area contributed by atoms with Crippen LogP contribution in [-0.2, 0) is 21.1 Å². The first kappa shape index (κ1) is 27.8. The number of pyridine rings is 2. The molecule has 0 saturated carbocycles. The number of hydrogen-bond donors (Lipinski definition) is 1. The van der Waals surface area contributed by atoms with Crippen molar-refractivity contribution < 1.29 is 26.2 Å². The van der Waals surface area contributed by atoms with Crippen LogP contribution < -0.4 is 10.5 Å². The van der Waals surface area contributed by atoms with Crippen molar-refractivity contribution in [2.24, 2.45) is 0 Å². The molecular weight excluding hydrogens is 714 g/mol. The second-order valence-corrected chi connectivity index (χ2v) is 15.1. The molecule has 0 atom stereocenters. The minimum Gasteiger partial charge on any atom is -0.506 e. The van der Waals surface area contributed by atoms with Crippen molar-refractivity contribution >= 4 is 40.5 Å². The Morgan fingerprint density at radius 3 is 2.19 bits per heavy atom. The van der Waals surface area contributed by atoms with Gasteiger partial charge in [0.2, 0.25) is 0 Å². The van der Waals surface area contributed by atoms with E-state index in [0.29, 0.717) is 5.69 Å². The van der Waals surface area contributed by atoms with Crippen molar-refractivity contribution in [3.8, 4) is 34.0 Å². The molecule has 0 radical (unpaired) electrons. The molecule has 208 valence electrons. The number of aromatic hydroxyl groups is 1. The number of hydrogen-bond acceptors (Lipinski definition) is 3. The third kappa shape index (κ3) is 4.79. The number of para-hydroxylation sites is 3. The predicted molar refractivity (Wildman–Crippen MR) is 171 cm³/mol. The maximum atomic E-state index is 10.8. The van der Waals surface area contributed by atoms with Crippen LogP contribution in [0.5, 0.6) is 5.75 Å². The van der Waals surface area contributed by atoms with Crippen molar-refractivity contribution in [3.05, 3.63) is 133 Å². The molecule has 4 aromatic carbocycles. The number of phenols is 1. The molecular formula is C36H28N3OPtSi-. The monoisotopic (exact) mass is 741 g/mol. The number of benzene rings is 4. The smallest absolute Gasteiger partial charge is 0.146 e. The van der Waals surface area contributed by atoms with Crippen LogP contribution in [0.25, 0.3) is 50.1 Å². The van der Waals surface area contributed by atoms with Gasteiger partial charge in [0.05, 0.1) is 22.6 Å². The largest absolute Gasteiger partial charge is 0.506 e.